The van der Waals surface area contributed by atoms with Gasteiger partial charge in [0, 0.05) is 41.6 Å². The molecule has 2 fully saturated rings. The number of thiophene rings is 1. The van der Waals surface area contributed by atoms with E-state index in [0.29, 0.717) is 11.3 Å². The van der Waals surface area contributed by atoms with Gasteiger partial charge in [-0.15, -0.1) is 11.3 Å². The maximum atomic E-state index is 13.0. The normalized spacial score (nSPS) is 26.3. The van der Waals surface area contributed by atoms with Gasteiger partial charge in [0.15, 0.2) is 11.2 Å². The molecule has 3 heterocycles. The summed E-state index contributed by atoms with van der Waals surface area (Å²) in [6.07, 6.45) is -3.98. The molecular weight excluding hydrogens is 564 g/mol. The van der Waals surface area contributed by atoms with Crippen LogP contribution in [0.25, 0.3) is 27.3 Å². The summed E-state index contributed by atoms with van der Waals surface area (Å²) in [4.78, 5) is 5.58. The Morgan fingerprint density at radius 2 is 1.78 bits per heavy atom. The van der Waals surface area contributed by atoms with Gasteiger partial charge >= 0.3 is 0 Å². The van der Waals surface area contributed by atoms with E-state index in [-0.39, 0.29) is 0 Å². The van der Waals surface area contributed by atoms with Crippen molar-refractivity contribution in [1.29, 1.82) is 5.26 Å². The van der Waals surface area contributed by atoms with Gasteiger partial charge in [0.2, 0.25) is 0 Å². The summed E-state index contributed by atoms with van der Waals surface area (Å²) < 4.78 is 33.4. The number of ether oxygens (including phenoxy) is 1. The molecule has 218 valence electrons. The van der Waals surface area contributed by atoms with E-state index in [0.717, 1.165) is 47.4 Å². The molecule has 1 aromatic heterocycles. The molecule has 10 nitrogen and oxygen atoms in total. The minimum absolute atomic E-state index is 0.313. The number of likely N-dealkylation sites (N-methyl/N-ethyl adjacent to an activating group) is 1. The molecule has 5 rings (SSSR count). The van der Waals surface area contributed by atoms with E-state index < -0.39 is 45.6 Å². The van der Waals surface area contributed by atoms with E-state index in [9.17, 15) is 29.0 Å². The average Bonchev–Trinajstić information content (AvgIpc) is 3.44. The van der Waals surface area contributed by atoms with Crippen LogP contribution < -0.4 is 9.62 Å². The van der Waals surface area contributed by atoms with Crippen molar-refractivity contribution in [2.45, 2.75) is 44.0 Å². The molecule has 0 radical (unpaired) electrons. The lowest BCUT2D eigenvalue weighted by molar-refractivity contribution is -0.244. The SMILES string of the molecule is CC[C@H]1OC(O)[C@H](NS(=O)(=O)/C(C#N)=C/c2ccc(-c3ccc4cc(N5CCN(C)CC5)ccc4c3)s2)[C@@H](O)[C@@H]1O. The van der Waals surface area contributed by atoms with Crippen molar-refractivity contribution < 1.29 is 28.5 Å². The Morgan fingerprint density at radius 1 is 1.07 bits per heavy atom. The number of rotatable bonds is 7. The Balaban J connectivity index is 1.33. The predicted molar refractivity (Wildman–Crippen MR) is 160 cm³/mol. The fraction of sp³-hybridized carbons (Fsp3) is 0.414. The van der Waals surface area contributed by atoms with Crippen molar-refractivity contribution >= 4 is 43.9 Å². The third-order valence-corrected chi connectivity index (χ3v) is 10.1. The van der Waals surface area contributed by atoms with Crippen molar-refractivity contribution in [2.75, 3.05) is 38.1 Å². The number of sulfonamides is 1. The maximum absolute atomic E-state index is 13.0. The van der Waals surface area contributed by atoms with Crippen molar-refractivity contribution in [3.63, 3.8) is 0 Å². The number of benzene rings is 2. The zero-order valence-electron chi connectivity index (χ0n) is 22.8. The van der Waals surface area contributed by atoms with Gasteiger partial charge in [-0.05, 0) is 66.2 Å². The predicted octanol–water partition coefficient (Wildman–Crippen LogP) is 2.32. The second kappa shape index (κ2) is 12.2. The fourth-order valence-corrected chi connectivity index (χ4v) is 7.35. The standard InChI is InChI=1S/C29H34N4O6S2/c1-3-24-27(34)28(35)26(29(36)39-24)31-41(37,38)23(17-30)16-22-8-9-25(40-22)20-5-4-19-15-21(7-6-18(19)14-20)33-12-10-32(2)11-13-33/h4-9,14-16,24,26-29,31,34-36H,3,10-13H2,1-2H3/b23-16+/t24-,26-,27-,28-,29?/m1/s1. The fourth-order valence-electron chi connectivity index (χ4n) is 5.19. The molecule has 0 aliphatic carbocycles. The number of anilines is 1. The Kier molecular flexibility index (Phi) is 8.79. The third-order valence-electron chi connectivity index (χ3n) is 7.69. The number of nitrogens with one attached hydrogen (secondary N) is 1. The topological polar surface area (TPSA) is 146 Å². The lowest BCUT2D eigenvalue weighted by Crippen LogP contribution is -2.63. The summed E-state index contributed by atoms with van der Waals surface area (Å²) in [5.41, 5.74) is 2.18. The van der Waals surface area contributed by atoms with Crippen LogP contribution >= 0.6 is 11.3 Å². The largest absolute Gasteiger partial charge is 0.388 e. The number of hydrogen-bond donors (Lipinski definition) is 4. The van der Waals surface area contributed by atoms with E-state index >= 15 is 0 Å². The molecule has 41 heavy (non-hydrogen) atoms. The van der Waals surface area contributed by atoms with Crippen molar-refractivity contribution in [1.82, 2.24) is 9.62 Å². The summed E-state index contributed by atoms with van der Waals surface area (Å²) >= 11 is 1.34. The maximum Gasteiger partial charge on any atom is 0.251 e. The van der Waals surface area contributed by atoms with Crippen LogP contribution in [-0.4, -0.2) is 92.5 Å². The molecule has 2 saturated heterocycles. The first-order valence-electron chi connectivity index (χ1n) is 13.5. The zero-order chi connectivity index (χ0) is 29.3. The van der Waals surface area contributed by atoms with Gasteiger partial charge in [0.05, 0.1) is 6.10 Å². The van der Waals surface area contributed by atoms with E-state index in [1.54, 1.807) is 19.1 Å². The minimum atomic E-state index is -4.45. The number of hydrogen-bond acceptors (Lipinski definition) is 10. The lowest BCUT2D eigenvalue weighted by Gasteiger charge is -2.40. The zero-order valence-corrected chi connectivity index (χ0v) is 24.5. The van der Waals surface area contributed by atoms with Crippen LogP contribution in [0, 0.1) is 11.3 Å². The summed E-state index contributed by atoms with van der Waals surface area (Å²) in [6.45, 7) is 5.78. The number of nitrogens with zero attached hydrogens (tertiary/aromatic N) is 3. The molecule has 12 heteroatoms. The molecule has 4 N–H and O–H groups in total. The number of piperazine rings is 1. The Bertz CT molecular complexity index is 1580. The first kappa shape index (κ1) is 29.6. The Labute approximate surface area is 243 Å². The Morgan fingerprint density at radius 3 is 2.49 bits per heavy atom. The van der Waals surface area contributed by atoms with Crippen molar-refractivity contribution in [2.24, 2.45) is 0 Å². The molecule has 2 aromatic carbocycles. The molecule has 5 atom stereocenters. The number of fused-ring (bicyclic) bond motifs is 1. The monoisotopic (exact) mass is 598 g/mol. The van der Waals surface area contributed by atoms with Crippen molar-refractivity contribution in [3.8, 4) is 16.5 Å². The highest BCUT2D eigenvalue weighted by Gasteiger charge is 2.45. The van der Waals surface area contributed by atoms with Crippen LogP contribution in [0.1, 0.15) is 18.2 Å². The molecule has 0 spiro atoms. The van der Waals surface area contributed by atoms with Crippen LogP contribution in [0.3, 0.4) is 0 Å². The van der Waals surface area contributed by atoms with Gasteiger partial charge in [-0.1, -0.05) is 25.1 Å². The van der Waals surface area contributed by atoms with Gasteiger partial charge in [-0.2, -0.15) is 9.98 Å². The number of aliphatic hydroxyl groups excluding tert-OH is 3. The van der Waals surface area contributed by atoms with Crippen LogP contribution in [0.4, 0.5) is 5.69 Å². The summed E-state index contributed by atoms with van der Waals surface area (Å²) in [6, 6.07) is 16.4. The summed E-state index contributed by atoms with van der Waals surface area (Å²) in [7, 11) is -2.31. The van der Waals surface area contributed by atoms with Gasteiger partial charge < -0.3 is 29.9 Å². The van der Waals surface area contributed by atoms with Gasteiger partial charge in [0.25, 0.3) is 10.0 Å². The van der Waals surface area contributed by atoms with E-state index in [1.807, 2.05) is 12.1 Å². The lowest BCUT2D eigenvalue weighted by atomic mass is 9.96. The Hall–Kier alpha value is -2.86. The van der Waals surface area contributed by atoms with Crippen molar-refractivity contribution in [3.05, 3.63) is 58.3 Å². The minimum Gasteiger partial charge on any atom is -0.388 e. The molecule has 1 unspecified atom stereocenters. The number of allylic oxidation sites excluding steroid dienone is 1. The van der Waals surface area contributed by atoms with Crippen LogP contribution in [0.15, 0.2) is 53.4 Å². The molecule has 2 aliphatic rings. The van der Waals surface area contributed by atoms with E-state index in [1.165, 1.54) is 23.1 Å². The quantitative estimate of drug-likeness (QED) is 0.301. The van der Waals surface area contributed by atoms with Crippen LogP contribution in [0.5, 0.6) is 0 Å². The molecular formula is C29H34N4O6S2. The van der Waals surface area contributed by atoms with Gasteiger partial charge in [-0.25, -0.2) is 8.42 Å². The van der Waals surface area contributed by atoms with Crippen LogP contribution in [0.2, 0.25) is 0 Å². The first-order chi connectivity index (χ1) is 19.6. The highest BCUT2D eigenvalue weighted by atomic mass is 32.2. The van der Waals surface area contributed by atoms with Gasteiger partial charge in [-0.3, -0.25) is 0 Å². The summed E-state index contributed by atoms with van der Waals surface area (Å²) in [5.74, 6) is 0. The average molecular weight is 599 g/mol. The number of nitriles is 1. The molecule has 3 aromatic rings. The molecule has 0 saturated carbocycles. The second-order valence-corrected chi connectivity index (χ2v) is 13.3. The molecule has 2 aliphatic heterocycles. The smallest absolute Gasteiger partial charge is 0.251 e. The first-order valence-corrected chi connectivity index (χ1v) is 15.8. The van der Waals surface area contributed by atoms with E-state index in [4.69, 9.17) is 4.74 Å². The molecule has 0 amide bonds. The number of aliphatic hydroxyl groups is 3. The summed E-state index contributed by atoms with van der Waals surface area (Å²) in [5, 5.41) is 42.7. The van der Waals surface area contributed by atoms with Crippen LogP contribution in [-0.2, 0) is 14.8 Å². The third kappa shape index (κ3) is 6.33. The second-order valence-electron chi connectivity index (χ2n) is 10.5. The highest BCUT2D eigenvalue weighted by Crippen LogP contribution is 2.33. The molecule has 0 bridgehead atoms. The van der Waals surface area contributed by atoms with E-state index in [2.05, 4.69) is 51.9 Å². The highest BCUT2D eigenvalue weighted by molar-refractivity contribution is 7.93. The van der Waals surface area contributed by atoms with Gasteiger partial charge in [0.1, 0.15) is 24.3 Å².